The fourth-order valence-electron chi connectivity index (χ4n) is 2.26. The van der Waals surface area contributed by atoms with E-state index in [-0.39, 0.29) is 10.3 Å². The number of hydrogen-bond donors (Lipinski definition) is 0. The molecule has 0 amide bonds. The molecule has 0 aromatic carbocycles. The second kappa shape index (κ2) is 4.83. The van der Waals surface area contributed by atoms with E-state index in [1.165, 1.54) is 4.31 Å². The number of halogens is 1. The van der Waals surface area contributed by atoms with E-state index in [4.69, 9.17) is 16.1 Å². The Morgan fingerprint density at radius 2 is 2.06 bits per heavy atom. The molecule has 2 rings (SSSR count). The van der Waals surface area contributed by atoms with E-state index in [1.807, 2.05) is 0 Å². The third-order valence-corrected chi connectivity index (χ3v) is 5.75. The molecule has 0 atom stereocenters. The number of rotatable bonds is 4. The van der Waals surface area contributed by atoms with Crippen LogP contribution in [0.5, 0.6) is 0 Å². The summed E-state index contributed by atoms with van der Waals surface area (Å²) in [6, 6.07) is 0. The maximum atomic E-state index is 12.4. The van der Waals surface area contributed by atoms with Gasteiger partial charge < -0.3 is 4.52 Å². The van der Waals surface area contributed by atoms with Crippen LogP contribution < -0.4 is 0 Å². The first kappa shape index (κ1) is 13.8. The Bertz CT molecular complexity index is 515. The number of nitrogens with zero attached hydrogens (tertiary/aromatic N) is 2. The summed E-state index contributed by atoms with van der Waals surface area (Å²) in [6.07, 6.45) is 1.76. The van der Waals surface area contributed by atoms with Gasteiger partial charge in [0.2, 0.25) is 10.0 Å². The van der Waals surface area contributed by atoms with E-state index in [2.05, 4.69) is 5.16 Å². The van der Waals surface area contributed by atoms with Crippen LogP contribution in [0.1, 0.15) is 24.3 Å². The first-order chi connectivity index (χ1) is 8.32. The Morgan fingerprint density at radius 3 is 2.50 bits per heavy atom. The predicted molar refractivity (Wildman–Crippen MR) is 68.2 cm³/mol. The lowest BCUT2D eigenvalue weighted by Crippen LogP contribution is -2.38. The number of sulfonamides is 1. The Hall–Kier alpha value is -0.590. The van der Waals surface area contributed by atoms with E-state index in [0.29, 0.717) is 23.9 Å². The maximum Gasteiger partial charge on any atom is 0.248 e. The van der Waals surface area contributed by atoms with E-state index >= 15 is 0 Å². The quantitative estimate of drug-likeness (QED) is 0.796. The first-order valence-electron chi connectivity index (χ1n) is 5.85. The standard InChI is InChI=1S/C11H17ClN2O3S/c1-7-11(8(2)17-13-7)18(15,16)14(3)6-9-4-10(12)5-9/h9-10H,4-6H2,1-3H3. The zero-order valence-corrected chi connectivity index (χ0v) is 12.3. The molecule has 0 saturated heterocycles. The molecule has 0 aliphatic heterocycles. The SMILES string of the molecule is Cc1noc(C)c1S(=O)(=O)N(C)CC1CC(Cl)C1. The van der Waals surface area contributed by atoms with Crippen LogP contribution in [0, 0.1) is 19.8 Å². The average Bonchev–Trinajstić information content (AvgIpc) is 2.56. The summed E-state index contributed by atoms with van der Waals surface area (Å²) in [5.41, 5.74) is 0.406. The molecule has 1 aliphatic rings. The smallest absolute Gasteiger partial charge is 0.248 e. The Labute approximate surface area is 112 Å². The van der Waals surface area contributed by atoms with Crippen molar-refractivity contribution in [1.29, 1.82) is 0 Å². The van der Waals surface area contributed by atoms with Gasteiger partial charge in [-0.1, -0.05) is 5.16 Å². The molecule has 1 heterocycles. The lowest BCUT2D eigenvalue weighted by atomic mass is 9.85. The van der Waals surface area contributed by atoms with Crippen LogP contribution in [0.4, 0.5) is 0 Å². The molecule has 1 aliphatic carbocycles. The highest BCUT2D eigenvalue weighted by atomic mass is 35.5. The van der Waals surface area contributed by atoms with Gasteiger partial charge in [-0.15, -0.1) is 11.6 Å². The van der Waals surface area contributed by atoms with Crippen molar-refractivity contribution < 1.29 is 12.9 Å². The van der Waals surface area contributed by atoms with Crippen LogP contribution in [0.2, 0.25) is 0 Å². The summed E-state index contributed by atoms with van der Waals surface area (Å²) >= 11 is 5.90. The third-order valence-electron chi connectivity index (χ3n) is 3.33. The molecule has 1 fully saturated rings. The molecule has 1 aromatic heterocycles. The fourth-order valence-corrected chi connectivity index (χ4v) is 4.30. The highest BCUT2D eigenvalue weighted by Gasteiger charge is 2.34. The van der Waals surface area contributed by atoms with Gasteiger partial charge in [0.15, 0.2) is 5.76 Å². The van der Waals surface area contributed by atoms with Gasteiger partial charge in [-0.3, -0.25) is 0 Å². The molecule has 1 aromatic rings. The topological polar surface area (TPSA) is 63.4 Å². The van der Waals surface area contributed by atoms with Gasteiger partial charge in [0, 0.05) is 19.0 Å². The summed E-state index contributed by atoms with van der Waals surface area (Å²) in [7, 11) is -1.93. The molecule has 5 nitrogen and oxygen atoms in total. The number of aryl methyl sites for hydroxylation is 2. The van der Waals surface area contributed by atoms with E-state index in [0.717, 1.165) is 12.8 Å². The monoisotopic (exact) mass is 292 g/mol. The molecule has 0 N–H and O–H groups in total. The molecular weight excluding hydrogens is 276 g/mol. The summed E-state index contributed by atoms with van der Waals surface area (Å²) < 4.78 is 31.1. The van der Waals surface area contributed by atoms with Crippen molar-refractivity contribution in [1.82, 2.24) is 9.46 Å². The minimum absolute atomic E-state index is 0.187. The van der Waals surface area contributed by atoms with E-state index < -0.39 is 10.0 Å². The van der Waals surface area contributed by atoms with E-state index in [1.54, 1.807) is 20.9 Å². The van der Waals surface area contributed by atoms with Crippen molar-refractivity contribution in [3.63, 3.8) is 0 Å². The lowest BCUT2D eigenvalue weighted by molar-refractivity contribution is 0.268. The molecular formula is C11H17ClN2O3S. The minimum atomic E-state index is -3.51. The number of aromatic nitrogens is 1. The van der Waals surface area contributed by atoms with Crippen LogP contribution in [-0.2, 0) is 10.0 Å². The average molecular weight is 293 g/mol. The van der Waals surface area contributed by atoms with Crippen LogP contribution in [-0.4, -0.2) is 36.8 Å². The molecule has 102 valence electrons. The van der Waals surface area contributed by atoms with Crippen molar-refractivity contribution in [2.45, 2.75) is 37.0 Å². The van der Waals surface area contributed by atoms with Crippen LogP contribution in [0.25, 0.3) is 0 Å². The predicted octanol–water partition coefficient (Wildman–Crippen LogP) is 1.93. The van der Waals surface area contributed by atoms with Crippen molar-refractivity contribution in [3.8, 4) is 0 Å². The van der Waals surface area contributed by atoms with Gasteiger partial charge in [0.1, 0.15) is 10.6 Å². The Morgan fingerprint density at radius 1 is 1.44 bits per heavy atom. The summed E-state index contributed by atoms with van der Waals surface area (Å²) in [6.45, 7) is 3.74. The Balaban J connectivity index is 2.16. The van der Waals surface area contributed by atoms with Crippen LogP contribution in [0.3, 0.4) is 0 Å². The highest BCUT2D eigenvalue weighted by molar-refractivity contribution is 7.89. The van der Waals surface area contributed by atoms with Gasteiger partial charge in [0.05, 0.1) is 0 Å². The molecule has 0 bridgehead atoms. The largest absolute Gasteiger partial charge is 0.360 e. The van der Waals surface area contributed by atoms with Crippen LogP contribution >= 0.6 is 11.6 Å². The van der Waals surface area contributed by atoms with Gasteiger partial charge in [-0.25, -0.2) is 12.7 Å². The highest BCUT2D eigenvalue weighted by Crippen LogP contribution is 2.33. The number of alkyl halides is 1. The molecule has 0 unspecified atom stereocenters. The summed E-state index contributed by atoms with van der Waals surface area (Å²) in [5, 5.41) is 3.89. The summed E-state index contributed by atoms with van der Waals surface area (Å²) in [5.74, 6) is 0.691. The zero-order valence-electron chi connectivity index (χ0n) is 10.7. The van der Waals surface area contributed by atoms with E-state index in [9.17, 15) is 8.42 Å². The molecule has 0 spiro atoms. The summed E-state index contributed by atoms with van der Waals surface area (Å²) in [4.78, 5) is 0.187. The lowest BCUT2D eigenvalue weighted by Gasteiger charge is -2.33. The van der Waals surface area contributed by atoms with Gasteiger partial charge in [-0.2, -0.15) is 0 Å². The second-order valence-electron chi connectivity index (χ2n) is 4.87. The van der Waals surface area contributed by atoms with Crippen molar-refractivity contribution in [3.05, 3.63) is 11.5 Å². The second-order valence-corrected chi connectivity index (χ2v) is 7.47. The van der Waals surface area contributed by atoms with Gasteiger partial charge in [0.25, 0.3) is 0 Å². The van der Waals surface area contributed by atoms with Crippen molar-refractivity contribution in [2.75, 3.05) is 13.6 Å². The van der Waals surface area contributed by atoms with Crippen molar-refractivity contribution >= 4 is 21.6 Å². The van der Waals surface area contributed by atoms with Gasteiger partial charge in [-0.05, 0) is 32.6 Å². The first-order valence-corrected chi connectivity index (χ1v) is 7.73. The zero-order chi connectivity index (χ0) is 13.5. The molecule has 18 heavy (non-hydrogen) atoms. The molecule has 1 saturated carbocycles. The third kappa shape index (κ3) is 2.41. The Kier molecular flexibility index (Phi) is 3.71. The van der Waals surface area contributed by atoms with Gasteiger partial charge >= 0.3 is 0 Å². The number of hydrogen-bond acceptors (Lipinski definition) is 4. The molecule has 0 radical (unpaired) electrons. The maximum absolute atomic E-state index is 12.4. The van der Waals surface area contributed by atoms with Crippen LogP contribution in [0.15, 0.2) is 9.42 Å². The normalized spacial score (nSPS) is 24.3. The van der Waals surface area contributed by atoms with Crippen molar-refractivity contribution in [2.24, 2.45) is 5.92 Å². The molecule has 7 heteroatoms. The fraction of sp³-hybridized carbons (Fsp3) is 0.727. The minimum Gasteiger partial charge on any atom is -0.360 e.